The molecule has 1 fully saturated rings. The summed E-state index contributed by atoms with van der Waals surface area (Å²) in [7, 11) is 0. The Morgan fingerprint density at radius 1 is 1.55 bits per heavy atom. The zero-order chi connectivity index (χ0) is 13.8. The summed E-state index contributed by atoms with van der Waals surface area (Å²) in [4.78, 5) is 15.3. The van der Waals surface area contributed by atoms with Crippen molar-refractivity contribution in [3.05, 3.63) is 28.2 Å². The van der Waals surface area contributed by atoms with Crippen LogP contribution in [0.1, 0.15) is 12.5 Å². The highest BCUT2D eigenvalue weighted by atomic mass is 79.9. The van der Waals surface area contributed by atoms with Crippen molar-refractivity contribution in [3.63, 3.8) is 0 Å². The van der Waals surface area contributed by atoms with Crippen LogP contribution in [0.25, 0.3) is 0 Å². The third-order valence-corrected chi connectivity index (χ3v) is 4.86. The Kier molecular flexibility index (Phi) is 7.37. The molecule has 1 aliphatic rings. The first-order chi connectivity index (χ1) is 9.06. The van der Waals surface area contributed by atoms with Crippen LogP contribution in [0, 0.1) is 6.92 Å². The van der Waals surface area contributed by atoms with Gasteiger partial charge in [0.15, 0.2) is 0 Å². The lowest BCUT2D eigenvalue weighted by Gasteiger charge is -2.31. The molecule has 1 amide bonds. The summed E-state index contributed by atoms with van der Waals surface area (Å²) < 4.78 is 1.08. The molecule has 3 nitrogen and oxygen atoms in total. The first-order valence-electron chi connectivity index (χ1n) is 6.46. The smallest absolute Gasteiger partial charge is 0.233 e. The van der Waals surface area contributed by atoms with Gasteiger partial charge in [-0.05, 0) is 37.6 Å². The largest absolute Gasteiger partial charge is 0.339 e. The summed E-state index contributed by atoms with van der Waals surface area (Å²) in [6, 6.07) is 6.57. The molecule has 0 bridgehead atoms. The van der Waals surface area contributed by atoms with Crippen LogP contribution in [-0.4, -0.2) is 42.2 Å². The van der Waals surface area contributed by atoms with E-state index >= 15 is 0 Å². The van der Waals surface area contributed by atoms with E-state index in [0.29, 0.717) is 11.8 Å². The second-order valence-electron chi connectivity index (χ2n) is 4.89. The van der Waals surface area contributed by atoms with Crippen LogP contribution >= 0.6 is 40.1 Å². The first-order valence-corrected chi connectivity index (χ1v) is 8.24. The molecule has 1 aromatic rings. The van der Waals surface area contributed by atoms with E-state index in [1.807, 2.05) is 11.0 Å². The minimum Gasteiger partial charge on any atom is -0.339 e. The molecule has 0 aliphatic carbocycles. The van der Waals surface area contributed by atoms with Crippen molar-refractivity contribution in [3.8, 4) is 0 Å². The highest BCUT2D eigenvalue weighted by Gasteiger charge is 2.20. The molecular weight excluding hydrogens is 360 g/mol. The van der Waals surface area contributed by atoms with Gasteiger partial charge in [-0.3, -0.25) is 4.79 Å². The minimum atomic E-state index is 0. The normalized spacial score (nSPS) is 18.6. The van der Waals surface area contributed by atoms with Gasteiger partial charge in [-0.25, -0.2) is 0 Å². The van der Waals surface area contributed by atoms with Crippen molar-refractivity contribution < 1.29 is 4.79 Å². The van der Waals surface area contributed by atoms with E-state index in [1.54, 1.807) is 11.8 Å². The summed E-state index contributed by atoms with van der Waals surface area (Å²) in [6.07, 6.45) is 0. The fourth-order valence-electron chi connectivity index (χ4n) is 2.16. The number of benzene rings is 1. The monoisotopic (exact) mass is 378 g/mol. The van der Waals surface area contributed by atoms with Crippen LogP contribution in [-0.2, 0) is 4.79 Å². The van der Waals surface area contributed by atoms with Gasteiger partial charge in [0.25, 0.3) is 0 Å². The highest BCUT2D eigenvalue weighted by Crippen LogP contribution is 2.25. The van der Waals surface area contributed by atoms with Gasteiger partial charge in [0.05, 0.1) is 5.75 Å². The Hall–Kier alpha value is -0.230. The molecule has 0 saturated carbocycles. The van der Waals surface area contributed by atoms with E-state index < -0.39 is 0 Å². The molecule has 1 saturated heterocycles. The van der Waals surface area contributed by atoms with E-state index in [4.69, 9.17) is 0 Å². The van der Waals surface area contributed by atoms with Crippen molar-refractivity contribution in [1.29, 1.82) is 0 Å². The standard InChI is InChI=1S/C14H19BrN2OS.ClH/c1-10-7-12(15)3-4-13(10)19-9-14(18)17-6-5-16-11(2)8-17;/h3-4,7,11,16H,5-6,8-9H2,1-2H3;1H. The maximum absolute atomic E-state index is 12.2. The maximum Gasteiger partial charge on any atom is 0.233 e. The Balaban J connectivity index is 0.00000200. The molecule has 0 radical (unpaired) electrons. The predicted octanol–water partition coefficient (Wildman–Crippen LogP) is 3.09. The van der Waals surface area contributed by atoms with Gasteiger partial charge < -0.3 is 10.2 Å². The lowest BCUT2D eigenvalue weighted by Crippen LogP contribution is -2.51. The van der Waals surface area contributed by atoms with Crippen LogP contribution < -0.4 is 5.32 Å². The van der Waals surface area contributed by atoms with Crippen LogP contribution in [0.4, 0.5) is 0 Å². The van der Waals surface area contributed by atoms with Crippen LogP contribution in [0.3, 0.4) is 0 Å². The van der Waals surface area contributed by atoms with Crippen molar-refractivity contribution in [2.24, 2.45) is 0 Å². The van der Waals surface area contributed by atoms with E-state index in [-0.39, 0.29) is 18.3 Å². The molecule has 20 heavy (non-hydrogen) atoms. The van der Waals surface area contributed by atoms with Crippen LogP contribution in [0.2, 0.25) is 0 Å². The third kappa shape index (κ3) is 4.95. The molecule has 1 atom stereocenters. The summed E-state index contributed by atoms with van der Waals surface area (Å²) in [5.74, 6) is 0.760. The SMILES string of the molecule is Cc1cc(Br)ccc1SCC(=O)N1CCNC(C)C1.Cl. The number of piperazine rings is 1. The summed E-state index contributed by atoms with van der Waals surface area (Å²) in [5.41, 5.74) is 1.21. The van der Waals surface area contributed by atoms with E-state index in [2.05, 4.69) is 47.2 Å². The third-order valence-electron chi connectivity index (χ3n) is 3.21. The maximum atomic E-state index is 12.2. The fraction of sp³-hybridized carbons (Fsp3) is 0.500. The zero-order valence-corrected chi connectivity index (χ0v) is 14.9. The number of hydrogen-bond donors (Lipinski definition) is 1. The number of nitrogens with zero attached hydrogens (tertiary/aromatic N) is 1. The van der Waals surface area contributed by atoms with Gasteiger partial charge in [0.1, 0.15) is 0 Å². The molecule has 0 spiro atoms. The number of carbonyl (C=O) groups is 1. The molecule has 1 aliphatic heterocycles. The van der Waals surface area contributed by atoms with Crippen LogP contribution in [0.15, 0.2) is 27.6 Å². The van der Waals surface area contributed by atoms with Gasteiger partial charge in [-0.1, -0.05) is 15.9 Å². The minimum absolute atomic E-state index is 0. The number of hydrogen-bond acceptors (Lipinski definition) is 3. The molecular formula is C14H20BrClN2OS. The molecule has 0 aromatic heterocycles. The Bertz CT molecular complexity index is 472. The van der Waals surface area contributed by atoms with Gasteiger partial charge in [-0.2, -0.15) is 0 Å². The number of thioether (sulfide) groups is 1. The average molecular weight is 380 g/mol. The molecule has 1 unspecified atom stereocenters. The molecule has 2 rings (SSSR count). The predicted molar refractivity (Wildman–Crippen MR) is 90.9 cm³/mol. The number of rotatable bonds is 3. The molecule has 6 heteroatoms. The average Bonchev–Trinajstić information content (AvgIpc) is 2.37. The topological polar surface area (TPSA) is 32.3 Å². The van der Waals surface area contributed by atoms with Gasteiger partial charge in [0.2, 0.25) is 5.91 Å². The Morgan fingerprint density at radius 3 is 2.95 bits per heavy atom. The first kappa shape index (κ1) is 17.8. The number of halogens is 2. The fourth-order valence-corrected chi connectivity index (χ4v) is 3.55. The van der Waals surface area contributed by atoms with E-state index in [0.717, 1.165) is 24.1 Å². The van der Waals surface area contributed by atoms with Gasteiger partial charge >= 0.3 is 0 Å². The van der Waals surface area contributed by atoms with Crippen LogP contribution in [0.5, 0.6) is 0 Å². The molecule has 1 heterocycles. The number of carbonyl (C=O) groups excluding carboxylic acids is 1. The molecule has 1 N–H and O–H groups in total. The van der Waals surface area contributed by atoms with Gasteiger partial charge in [0, 0.05) is 35.0 Å². The van der Waals surface area contributed by atoms with Crippen molar-refractivity contribution >= 4 is 46.0 Å². The van der Waals surface area contributed by atoms with Crippen molar-refractivity contribution in [2.75, 3.05) is 25.4 Å². The quantitative estimate of drug-likeness (QED) is 0.819. The van der Waals surface area contributed by atoms with E-state index in [9.17, 15) is 4.79 Å². The second kappa shape index (κ2) is 8.27. The number of amides is 1. The molecule has 112 valence electrons. The summed E-state index contributed by atoms with van der Waals surface area (Å²) in [6.45, 7) is 6.73. The lowest BCUT2D eigenvalue weighted by molar-refractivity contribution is -0.129. The zero-order valence-electron chi connectivity index (χ0n) is 11.7. The Labute approximate surface area is 139 Å². The van der Waals surface area contributed by atoms with Crippen molar-refractivity contribution in [1.82, 2.24) is 10.2 Å². The highest BCUT2D eigenvalue weighted by molar-refractivity contribution is 9.10. The number of aryl methyl sites for hydroxylation is 1. The summed E-state index contributed by atoms with van der Waals surface area (Å²) in [5, 5.41) is 3.35. The van der Waals surface area contributed by atoms with E-state index in [1.165, 1.54) is 10.5 Å². The Morgan fingerprint density at radius 2 is 2.30 bits per heavy atom. The molecule has 1 aromatic carbocycles. The second-order valence-corrected chi connectivity index (χ2v) is 6.83. The van der Waals surface area contributed by atoms with Gasteiger partial charge in [-0.15, -0.1) is 24.2 Å². The summed E-state index contributed by atoms with van der Waals surface area (Å²) >= 11 is 5.08. The van der Waals surface area contributed by atoms with Crippen molar-refractivity contribution in [2.45, 2.75) is 24.8 Å². The lowest BCUT2D eigenvalue weighted by atomic mass is 10.2. The number of nitrogens with one attached hydrogen (secondary N) is 1.